The van der Waals surface area contributed by atoms with Crippen molar-refractivity contribution in [3.8, 4) is 0 Å². The minimum Gasteiger partial charge on any atom is -0.392 e. The van der Waals surface area contributed by atoms with Crippen LogP contribution < -0.4 is 4.90 Å². The molecule has 0 saturated carbocycles. The third-order valence-electron chi connectivity index (χ3n) is 3.76. The van der Waals surface area contributed by atoms with E-state index in [1.165, 1.54) is 24.9 Å². The van der Waals surface area contributed by atoms with Crippen molar-refractivity contribution in [1.29, 1.82) is 0 Å². The summed E-state index contributed by atoms with van der Waals surface area (Å²) in [7, 11) is 0. The number of hydrogen-bond donors (Lipinski definition) is 1. The fraction of sp³-hybridized carbons (Fsp3) is 0.571. The summed E-state index contributed by atoms with van der Waals surface area (Å²) in [5.41, 5.74) is 1.99. The summed E-state index contributed by atoms with van der Waals surface area (Å²) in [6, 6.07) is 5.95. The van der Waals surface area contributed by atoms with Crippen LogP contribution in [0, 0.1) is 5.92 Å². The topological polar surface area (TPSA) is 23.5 Å². The van der Waals surface area contributed by atoms with Gasteiger partial charge in [-0.05, 0) is 36.5 Å². The van der Waals surface area contributed by atoms with Crippen LogP contribution in [0.25, 0.3) is 0 Å². The Balaban J connectivity index is 2.06. The molecule has 0 atom stereocenters. The Bertz CT molecular complexity index is 372. The van der Waals surface area contributed by atoms with Crippen LogP contribution in [0.4, 0.5) is 5.69 Å². The molecule has 0 aliphatic carbocycles. The molecule has 2 rings (SSSR count). The second-order valence-corrected chi connectivity index (χ2v) is 5.18. The number of aliphatic hydroxyl groups is 1. The number of piperidine rings is 1. The predicted octanol–water partition coefficient (Wildman–Crippen LogP) is 3.46. The van der Waals surface area contributed by atoms with Crippen LogP contribution >= 0.6 is 11.6 Å². The Hall–Kier alpha value is -0.730. The van der Waals surface area contributed by atoms with Gasteiger partial charge in [-0.15, -0.1) is 0 Å². The lowest BCUT2D eigenvalue weighted by molar-refractivity contribution is 0.282. The van der Waals surface area contributed by atoms with Gasteiger partial charge in [0.2, 0.25) is 0 Å². The zero-order valence-electron chi connectivity index (χ0n) is 10.3. The number of anilines is 1. The Kier molecular flexibility index (Phi) is 4.30. The molecule has 3 heteroatoms. The number of benzene rings is 1. The van der Waals surface area contributed by atoms with Crippen LogP contribution in [0.5, 0.6) is 0 Å². The molecule has 1 aromatic rings. The fourth-order valence-corrected chi connectivity index (χ4v) is 2.70. The third-order valence-corrected chi connectivity index (χ3v) is 4.12. The van der Waals surface area contributed by atoms with Crippen LogP contribution in [0.3, 0.4) is 0 Å². The highest BCUT2D eigenvalue weighted by Crippen LogP contribution is 2.28. The molecule has 0 radical (unpaired) electrons. The van der Waals surface area contributed by atoms with Crippen molar-refractivity contribution in [2.75, 3.05) is 18.0 Å². The van der Waals surface area contributed by atoms with E-state index in [0.29, 0.717) is 5.02 Å². The summed E-state index contributed by atoms with van der Waals surface area (Å²) < 4.78 is 0. The first-order chi connectivity index (χ1) is 8.24. The minimum absolute atomic E-state index is 0.0109. The third kappa shape index (κ3) is 2.93. The zero-order valence-corrected chi connectivity index (χ0v) is 11.1. The summed E-state index contributed by atoms with van der Waals surface area (Å²) in [6.07, 6.45) is 3.84. The highest BCUT2D eigenvalue weighted by atomic mass is 35.5. The van der Waals surface area contributed by atoms with Crippen LogP contribution in [0.2, 0.25) is 5.02 Å². The summed E-state index contributed by atoms with van der Waals surface area (Å²) in [6.45, 7) is 4.52. The summed E-state index contributed by atoms with van der Waals surface area (Å²) in [5.74, 6) is 0.887. The van der Waals surface area contributed by atoms with E-state index in [4.69, 9.17) is 16.7 Å². The highest BCUT2D eigenvalue weighted by molar-refractivity contribution is 6.31. The molecule has 1 aliphatic rings. The average molecular weight is 254 g/mol. The lowest BCUT2D eigenvalue weighted by Gasteiger charge is -2.33. The van der Waals surface area contributed by atoms with Crippen molar-refractivity contribution in [3.63, 3.8) is 0 Å². The lowest BCUT2D eigenvalue weighted by atomic mass is 9.94. The van der Waals surface area contributed by atoms with Gasteiger partial charge in [-0.1, -0.05) is 31.0 Å². The smallest absolute Gasteiger partial charge is 0.0696 e. The van der Waals surface area contributed by atoms with Gasteiger partial charge in [0.05, 0.1) is 6.61 Å². The average Bonchev–Trinajstić information content (AvgIpc) is 2.39. The number of aliphatic hydroxyl groups excluding tert-OH is 1. The molecule has 1 aliphatic heterocycles. The van der Waals surface area contributed by atoms with Gasteiger partial charge in [0, 0.05) is 23.8 Å². The zero-order chi connectivity index (χ0) is 12.3. The normalized spacial score (nSPS) is 17.5. The Morgan fingerprint density at radius 2 is 2.06 bits per heavy atom. The molecule has 0 amide bonds. The summed E-state index contributed by atoms with van der Waals surface area (Å²) in [5, 5.41) is 9.76. The molecule has 0 aromatic heterocycles. The van der Waals surface area contributed by atoms with Gasteiger partial charge in [-0.3, -0.25) is 0 Å². The Morgan fingerprint density at radius 3 is 2.59 bits per heavy atom. The first-order valence-electron chi connectivity index (χ1n) is 6.38. The molecule has 2 nitrogen and oxygen atoms in total. The predicted molar refractivity (Wildman–Crippen MR) is 72.6 cm³/mol. The van der Waals surface area contributed by atoms with Crippen molar-refractivity contribution in [2.24, 2.45) is 5.92 Å². The van der Waals surface area contributed by atoms with Crippen LogP contribution in [-0.2, 0) is 6.61 Å². The van der Waals surface area contributed by atoms with Gasteiger partial charge in [-0.2, -0.15) is 0 Å². The van der Waals surface area contributed by atoms with E-state index in [1.54, 1.807) is 0 Å². The van der Waals surface area contributed by atoms with Crippen LogP contribution in [0.15, 0.2) is 18.2 Å². The molecular weight excluding hydrogens is 234 g/mol. The summed E-state index contributed by atoms with van der Waals surface area (Å²) in [4.78, 5) is 2.39. The molecule has 94 valence electrons. The van der Waals surface area contributed by atoms with Gasteiger partial charge >= 0.3 is 0 Å². The fourth-order valence-electron chi connectivity index (χ4n) is 2.46. The lowest BCUT2D eigenvalue weighted by Crippen LogP contribution is -2.33. The molecule has 0 bridgehead atoms. The molecule has 1 heterocycles. The molecule has 0 unspecified atom stereocenters. The van der Waals surface area contributed by atoms with Crippen molar-refractivity contribution in [2.45, 2.75) is 32.8 Å². The van der Waals surface area contributed by atoms with Gasteiger partial charge < -0.3 is 10.0 Å². The van der Waals surface area contributed by atoms with E-state index in [0.717, 1.165) is 24.6 Å². The Labute approximate surface area is 108 Å². The van der Waals surface area contributed by atoms with E-state index < -0.39 is 0 Å². The van der Waals surface area contributed by atoms with E-state index in [-0.39, 0.29) is 6.61 Å². The van der Waals surface area contributed by atoms with Crippen LogP contribution in [0.1, 0.15) is 31.7 Å². The minimum atomic E-state index is 0.0109. The SMILES string of the molecule is CCC1CCN(c2ccc(CO)c(Cl)c2)CC1. The molecule has 0 spiro atoms. The second kappa shape index (κ2) is 5.74. The monoisotopic (exact) mass is 253 g/mol. The van der Waals surface area contributed by atoms with Crippen molar-refractivity contribution in [1.82, 2.24) is 0 Å². The standard InChI is InChI=1S/C14H20ClNO/c1-2-11-5-7-16(8-6-11)13-4-3-12(10-17)14(15)9-13/h3-4,9,11,17H,2,5-8,10H2,1H3. The van der Waals surface area contributed by atoms with Crippen molar-refractivity contribution >= 4 is 17.3 Å². The van der Waals surface area contributed by atoms with E-state index in [2.05, 4.69) is 17.9 Å². The molecule has 1 fully saturated rings. The molecular formula is C14H20ClNO. The van der Waals surface area contributed by atoms with Gasteiger partial charge in [-0.25, -0.2) is 0 Å². The van der Waals surface area contributed by atoms with Gasteiger partial charge in [0.15, 0.2) is 0 Å². The van der Waals surface area contributed by atoms with Gasteiger partial charge in [0.1, 0.15) is 0 Å². The maximum Gasteiger partial charge on any atom is 0.0696 e. The number of rotatable bonds is 3. The van der Waals surface area contributed by atoms with Crippen LogP contribution in [-0.4, -0.2) is 18.2 Å². The maximum atomic E-state index is 9.09. The molecule has 1 aromatic carbocycles. The van der Waals surface area contributed by atoms with Crippen molar-refractivity contribution < 1.29 is 5.11 Å². The van der Waals surface area contributed by atoms with E-state index in [9.17, 15) is 0 Å². The quantitative estimate of drug-likeness (QED) is 0.892. The first-order valence-corrected chi connectivity index (χ1v) is 6.76. The van der Waals surface area contributed by atoms with E-state index >= 15 is 0 Å². The number of halogens is 1. The van der Waals surface area contributed by atoms with Gasteiger partial charge in [0.25, 0.3) is 0 Å². The number of hydrogen-bond acceptors (Lipinski definition) is 2. The molecule has 1 saturated heterocycles. The first kappa shape index (κ1) is 12.7. The maximum absolute atomic E-state index is 9.09. The number of nitrogens with zero attached hydrogens (tertiary/aromatic N) is 1. The van der Waals surface area contributed by atoms with E-state index in [1.807, 2.05) is 12.1 Å². The second-order valence-electron chi connectivity index (χ2n) is 4.77. The van der Waals surface area contributed by atoms with Crippen molar-refractivity contribution in [3.05, 3.63) is 28.8 Å². The molecule has 17 heavy (non-hydrogen) atoms. The molecule has 1 N–H and O–H groups in total. The largest absolute Gasteiger partial charge is 0.392 e. The highest BCUT2D eigenvalue weighted by Gasteiger charge is 2.18. The summed E-state index contributed by atoms with van der Waals surface area (Å²) >= 11 is 6.12. The Morgan fingerprint density at radius 1 is 1.35 bits per heavy atom.